The molecule has 1 aliphatic heterocycles. The third-order valence-corrected chi connectivity index (χ3v) is 4.05. The topological polar surface area (TPSA) is 56.8 Å². The summed E-state index contributed by atoms with van der Waals surface area (Å²) in [6.07, 6.45) is 0.593. The maximum Gasteiger partial charge on any atom is 0.409 e. The Labute approximate surface area is 147 Å². The average molecular weight is 341 g/mol. The molecule has 2 atom stereocenters. The molecule has 0 saturated carbocycles. The van der Waals surface area contributed by atoms with Crippen molar-refractivity contribution in [2.24, 2.45) is 0 Å². The molecule has 2 aromatic carbocycles. The summed E-state index contributed by atoms with van der Waals surface area (Å²) < 4.78 is 16.9. The lowest BCUT2D eigenvalue weighted by Gasteiger charge is -2.31. The lowest BCUT2D eigenvalue weighted by molar-refractivity contribution is -0.121. The second-order valence-corrected chi connectivity index (χ2v) is 5.97. The van der Waals surface area contributed by atoms with Gasteiger partial charge in [0.2, 0.25) is 0 Å². The molecule has 0 radical (unpaired) electrons. The molecular weight excluding hydrogens is 318 g/mol. The van der Waals surface area contributed by atoms with Crippen molar-refractivity contribution in [3.8, 4) is 0 Å². The van der Waals surface area contributed by atoms with Crippen LogP contribution < -0.4 is 5.32 Å². The minimum atomic E-state index is -0.496. The van der Waals surface area contributed by atoms with Gasteiger partial charge in [0.15, 0.2) is 6.23 Å². The molecule has 1 N–H and O–H groups in total. The largest absolute Gasteiger partial charge is 0.445 e. The Hall–Kier alpha value is -2.37. The lowest BCUT2D eigenvalue weighted by Crippen LogP contribution is -2.49. The molecule has 0 spiro atoms. The van der Waals surface area contributed by atoms with E-state index in [1.54, 1.807) is 0 Å². The first-order chi connectivity index (χ1) is 12.3. The SMILES string of the molecule is O=C(NC1OCCC[C@@H]1OCc1ccccc1)OCc1ccccc1. The molecule has 1 fully saturated rings. The van der Waals surface area contributed by atoms with Crippen molar-refractivity contribution < 1.29 is 19.0 Å². The van der Waals surface area contributed by atoms with Gasteiger partial charge < -0.3 is 14.2 Å². The van der Waals surface area contributed by atoms with Crippen molar-refractivity contribution in [1.29, 1.82) is 0 Å². The number of carbonyl (C=O) groups is 1. The molecule has 1 saturated heterocycles. The average Bonchev–Trinajstić information content (AvgIpc) is 2.67. The van der Waals surface area contributed by atoms with E-state index in [0.717, 1.165) is 24.0 Å². The summed E-state index contributed by atoms with van der Waals surface area (Å²) in [4.78, 5) is 12.0. The van der Waals surface area contributed by atoms with E-state index in [4.69, 9.17) is 14.2 Å². The minimum Gasteiger partial charge on any atom is -0.445 e. The highest BCUT2D eigenvalue weighted by atomic mass is 16.6. The number of nitrogens with one attached hydrogen (secondary N) is 1. The van der Waals surface area contributed by atoms with Gasteiger partial charge in [0.1, 0.15) is 12.7 Å². The zero-order chi connectivity index (χ0) is 17.3. The summed E-state index contributed by atoms with van der Waals surface area (Å²) >= 11 is 0. The molecule has 3 rings (SSSR count). The van der Waals surface area contributed by atoms with Gasteiger partial charge in [0.05, 0.1) is 6.61 Å². The van der Waals surface area contributed by atoms with Crippen LogP contribution in [0.2, 0.25) is 0 Å². The molecule has 0 bridgehead atoms. The zero-order valence-corrected chi connectivity index (χ0v) is 14.1. The van der Waals surface area contributed by atoms with Crippen molar-refractivity contribution in [3.05, 3.63) is 71.8 Å². The van der Waals surface area contributed by atoms with Crippen molar-refractivity contribution in [2.45, 2.75) is 38.4 Å². The summed E-state index contributed by atoms with van der Waals surface area (Å²) in [5.74, 6) is 0. The molecule has 132 valence electrons. The first-order valence-corrected chi connectivity index (χ1v) is 8.55. The van der Waals surface area contributed by atoms with Crippen molar-refractivity contribution in [2.75, 3.05) is 6.61 Å². The fourth-order valence-electron chi connectivity index (χ4n) is 2.72. The van der Waals surface area contributed by atoms with Gasteiger partial charge in [-0.05, 0) is 24.0 Å². The molecule has 1 amide bonds. The number of rotatable bonds is 6. The number of carbonyl (C=O) groups excluding carboxylic acids is 1. The third kappa shape index (κ3) is 5.59. The molecule has 25 heavy (non-hydrogen) atoms. The van der Waals surface area contributed by atoms with E-state index >= 15 is 0 Å². The Morgan fingerprint density at radius 3 is 2.32 bits per heavy atom. The second kappa shape index (κ2) is 9.20. The van der Waals surface area contributed by atoms with Gasteiger partial charge in [0, 0.05) is 6.61 Å². The standard InChI is InChI=1S/C20H23NO4/c22-20(25-15-17-10-5-2-6-11-17)21-19-18(12-7-13-23-19)24-14-16-8-3-1-4-9-16/h1-6,8-11,18-19H,7,12-15H2,(H,21,22)/t18-,19?/m0/s1. The third-order valence-electron chi connectivity index (χ3n) is 4.05. The molecule has 1 aliphatic rings. The number of hydrogen-bond donors (Lipinski definition) is 1. The second-order valence-electron chi connectivity index (χ2n) is 5.97. The Morgan fingerprint density at radius 1 is 1.00 bits per heavy atom. The van der Waals surface area contributed by atoms with Crippen LogP contribution in [0.25, 0.3) is 0 Å². The van der Waals surface area contributed by atoms with Crippen molar-refractivity contribution in [3.63, 3.8) is 0 Å². The van der Waals surface area contributed by atoms with E-state index < -0.39 is 12.3 Å². The van der Waals surface area contributed by atoms with Gasteiger partial charge in [0.25, 0.3) is 0 Å². The van der Waals surface area contributed by atoms with Crippen LogP contribution in [-0.2, 0) is 27.4 Å². The van der Waals surface area contributed by atoms with E-state index in [9.17, 15) is 4.79 Å². The van der Waals surface area contributed by atoms with Gasteiger partial charge in [-0.3, -0.25) is 5.32 Å². The molecular formula is C20H23NO4. The Morgan fingerprint density at radius 2 is 1.64 bits per heavy atom. The monoisotopic (exact) mass is 341 g/mol. The normalized spacial score (nSPS) is 20.0. The minimum absolute atomic E-state index is 0.182. The van der Waals surface area contributed by atoms with Crippen LogP contribution in [0.15, 0.2) is 60.7 Å². The fraction of sp³-hybridized carbons (Fsp3) is 0.350. The quantitative estimate of drug-likeness (QED) is 0.872. The molecule has 5 nitrogen and oxygen atoms in total. The van der Waals surface area contributed by atoms with Crippen molar-refractivity contribution >= 4 is 6.09 Å². The number of ether oxygens (including phenoxy) is 3. The Bertz CT molecular complexity index is 647. The molecule has 5 heteroatoms. The molecule has 2 aromatic rings. The Kier molecular flexibility index (Phi) is 6.42. The summed E-state index contributed by atoms with van der Waals surface area (Å²) in [7, 11) is 0. The Balaban J connectivity index is 1.47. The highest BCUT2D eigenvalue weighted by molar-refractivity contribution is 5.67. The van der Waals surface area contributed by atoms with E-state index in [2.05, 4.69) is 5.32 Å². The van der Waals surface area contributed by atoms with Crippen LogP contribution in [0.3, 0.4) is 0 Å². The number of amides is 1. The van der Waals surface area contributed by atoms with Crippen LogP contribution in [-0.4, -0.2) is 25.0 Å². The summed E-state index contributed by atoms with van der Waals surface area (Å²) in [5.41, 5.74) is 2.04. The smallest absolute Gasteiger partial charge is 0.409 e. The first kappa shape index (κ1) is 17.5. The molecule has 0 aliphatic carbocycles. The van der Waals surface area contributed by atoms with E-state index in [1.807, 2.05) is 60.7 Å². The summed E-state index contributed by atoms with van der Waals surface area (Å²) in [6.45, 7) is 1.33. The fourth-order valence-corrected chi connectivity index (χ4v) is 2.72. The summed E-state index contributed by atoms with van der Waals surface area (Å²) in [6, 6.07) is 19.5. The highest BCUT2D eigenvalue weighted by Crippen LogP contribution is 2.17. The van der Waals surface area contributed by atoms with E-state index in [-0.39, 0.29) is 12.7 Å². The van der Waals surface area contributed by atoms with Crippen LogP contribution >= 0.6 is 0 Å². The number of hydrogen-bond acceptors (Lipinski definition) is 4. The van der Waals surface area contributed by atoms with Gasteiger partial charge in [-0.15, -0.1) is 0 Å². The van der Waals surface area contributed by atoms with Crippen LogP contribution in [0.1, 0.15) is 24.0 Å². The summed E-state index contributed by atoms with van der Waals surface area (Å²) in [5, 5.41) is 2.77. The van der Waals surface area contributed by atoms with Crippen LogP contribution in [0.4, 0.5) is 4.79 Å². The highest BCUT2D eigenvalue weighted by Gasteiger charge is 2.28. The molecule has 1 unspecified atom stereocenters. The maximum atomic E-state index is 12.0. The first-order valence-electron chi connectivity index (χ1n) is 8.55. The van der Waals surface area contributed by atoms with Crippen molar-refractivity contribution in [1.82, 2.24) is 5.32 Å². The van der Waals surface area contributed by atoms with Crippen LogP contribution in [0, 0.1) is 0 Å². The van der Waals surface area contributed by atoms with Gasteiger partial charge in [-0.2, -0.15) is 0 Å². The zero-order valence-electron chi connectivity index (χ0n) is 14.1. The van der Waals surface area contributed by atoms with Crippen LogP contribution in [0.5, 0.6) is 0 Å². The predicted octanol–water partition coefficient (Wildman–Crippen LogP) is 3.63. The van der Waals surface area contributed by atoms with Gasteiger partial charge in [-0.25, -0.2) is 4.79 Å². The lowest BCUT2D eigenvalue weighted by atomic mass is 10.1. The maximum absolute atomic E-state index is 12.0. The number of benzene rings is 2. The van der Waals surface area contributed by atoms with Gasteiger partial charge in [-0.1, -0.05) is 60.7 Å². The number of alkyl carbamates (subject to hydrolysis) is 1. The predicted molar refractivity (Wildman–Crippen MR) is 93.8 cm³/mol. The molecule has 1 heterocycles. The van der Waals surface area contributed by atoms with Gasteiger partial charge >= 0.3 is 6.09 Å². The molecule has 0 aromatic heterocycles. The van der Waals surface area contributed by atoms with E-state index in [0.29, 0.717) is 13.2 Å². The van der Waals surface area contributed by atoms with E-state index in [1.165, 1.54) is 0 Å².